The van der Waals surface area contributed by atoms with Gasteiger partial charge in [0.25, 0.3) is 5.91 Å². The largest absolute Gasteiger partial charge is 0.484 e. The van der Waals surface area contributed by atoms with Gasteiger partial charge in [-0.2, -0.15) is 0 Å². The maximum absolute atomic E-state index is 12.3. The van der Waals surface area contributed by atoms with Crippen LogP contribution in [0.1, 0.15) is 5.56 Å². The van der Waals surface area contributed by atoms with Crippen molar-refractivity contribution in [2.24, 2.45) is 0 Å². The quantitative estimate of drug-likeness (QED) is 0.788. The smallest absolute Gasteiger partial charge is 0.260 e. The zero-order valence-corrected chi connectivity index (χ0v) is 15.1. The summed E-state index contributed by atoms with van der Waals surface area (Å²) in [4.78, 5) is 16.6. The van der Waals surface area contributed by atoms with E-state index in [1.807, 2.05) is 35.2 Å². The fraction of sp³-hybridized carbons (Fsp3) is 0.316. The molecule has 0 bridgehead atoms. The van der Waals surface area contributed by atoms with E-state index >= 15 is 0 Å². The third-order valence-corrected chi connectivity index (χ3v) is 4.63. The van der Waals surface area contributed by atoms with Crippen molar-refractivity contribution in [1.29, 1.82) is 0 Å². The zero-order valence-electron chi connectivity index (χ0n) is 13.5. The summed E-state index contributed by atoms with van der Waals surface area (Å²) in [6, 6.07) is 18.0. The lowest BCUT2D eigenvalue weighted by Crippen LogP contribution is -2.49. The molecule has 0 N–H and O–H groups in total. The minimum absolute atomic E-state index is 0.0503. The molecule has 1 saturated heterocycles. The van der Waals surface area contributed by atoms with Gasteiger partial charge in [0, 0.05) is 37.2 Å². The minimum Gasteiger partial charge on any atom is -0.484 e. The predicted molar refractivity (Wildman–Crippen MR) is 97.9 cm³/mol. The summed E-state index contributed by atoms with van der Waals surface area (Å²) in [6.45, 7) is 4.35. The van der Waals surface area contributed by atoms with E-state index in [2.05, 4.69) is 45.1 Å². The second-order valence-corrected chi connectivity index (χ2v) is 6.80. The second-order valence-electron chi connectivity index (χ2n) is 5.89. The Bertz CT molecular complexity index is 670. The summed E-state index contributed by atoms with van der Waals surface area (Å²) >= 11 is 3.40. The first-order chi connectivity index (χ1) is 11.7. The van der Waals surface area contributed by atoms with Crippen molar-refractivity contribution in [3.8, 4) is 5.75 Å². The average molecular weight is 389 g/mol. The third kappa shape index (κ3) is 4.82. The van der Waals surface area contributed by atoms with Gasteiger partial charge in [0.05, 0.1) is 0 Å². The van der Waals surface area contributed by atoms with Crippen LogP contribution in [-0.2, 0) is 11.3 Å². The number of piperazine rings is 1. The van der Waals surface area contributed by atoms with Crippen molar-refractivity contribution in [3.05, 3.63) is 64.6 Å². The van der Waals surface area contributed by atoms with E-state index in [4.69, 9.17) is 4.74 Å². The number of halogens is 1. The van der Waals surface area contributed by atoms with Crippen molar-refractivity contribution in [2.75, 3.05) is 32.8 Å². The van der Waals surface area contributed by atoms with E-state index in [9.17, 15) is 4.79 Å². The van der Waals surface area contributed by atoms with Gasteiger partial charge in [-0.05, 0) is 23.8 Å². The molecule has 0 radical (unpaired) electrons. The average Bonchev–Trinajstić information content (AvgIpc) is 2.61. The number of ether oxygens (including phenoxy) is 1. The number of nitrogens with zero attached hydrogens (tertiary/aromatic N) is 2. The number of carbonyl (C=O) groups excluding carboxylic acids is 1. The van der Waals surface area contributed by atoms with E-state index < -0.39 is 0 Å². The first kappa shape index (κ1) is 17.0. The Labute approximate surface area is 151 Å². The van der Waals surface area contributed by atoms with Crippen LogP contribution >= 0.6 is 15.9 Å². The molecule has 0 aliphatic carbocycles. The number of amides is 1. The predicted octanol–water partition coefficient (Wildman–Crippen LogP) is 3.17. The molecule has 126 valence electrons. The highest BCUT2D eigenvalue weighted by Crippen LogP contribution is 2.18. The molecule has 1 heterocycles. The summed E-state index contributed by atoms with van der Waals surface area (Å²) in [5.74, 6) is 0.759. The van der Waals surface area contributed by atoms with Crippen molar-refractivity contribution < 1.29 is 9.53 Å². The normalized spacial score (nSPS) is 15.3. The van der Waals surface area contributed by atoms with Crippen molar-refractivity contribution in [2.45, 2.75) is 6.54 Å². The van der Waals surface area contributed by atoms with Gasteiger partial charge in [0.2, 0.25) is 0 Å². The summed E-state index contributed by atoms with van der Waals surface area (Å²) in [5.41, 5.74) is 1.32. The van der Waals surface area contributed by atoms with Gasteiger partial charge >= 0.3 is 0 Å². The topological polar surface area (TPSA) is 32.8 Å². The van der Waals surface area contributed by atoms with Crippen LogP contribution in [0, 0.1) is 0 Å². The van der Waals surface area contributed by atoms with Gasteiger partial charge in [-0.1, -0.05) is 52.3 Å². The van der Waals surface area contributed by atoms with Crippen LogP contribution in [-0.4, -0.2) is 48.5 Å². The molecule has 1 aliphatic heterocycles. The van der Waals surface area contributed by atoms with Crippen LogP contribution in [0.4, 0.5) is 0 Å². The SMILES string of the molecule is O=C(COc1cccc(Br)c1)N1CCN(Cc2ccccc2)CC1. The molecule has 0 atom stereocenters. The van der Waals surface area contributed by atoms with E-state index in [1.165, 1.54) is 5.56 Å². The monoisotopic (exact) mass is 388 g/mol. The first-order valence-electron chi connectivity index (χ1n) is 8.13. The Morgan fingerprint density at radius 3 is 2.46 bits per heavy atom. The number of hydrogen-bond donors (Lipinski definition) is 0. The second kappa shape index (κ2) is 8.31. The highest BCUT2D eigenvalue weighted by atomic mass is 79.9. The summed E-state index contributed by atoms with van der Waals surface area (Å²) in [5, 5.41) is 0. The standard InChI is InChI=1S/C19H21BrN2O2/c20-17-7-4-8-18(13-17)24-15-19(23)22-11-9-21(10-12-22)14-16-5-2-1-3-6-16/h1-8,13H,9-12,14-15H2. The molecule has 1 amide bonds. The van der Waals surface area contributed by atoms with Crippen LogP contribution in [0.2, 0.25) is 0 Å². The molecule has 1 fully saturated rings. The number of benzene rings is 2. The molecule has 5 heteroatoms. The van der Waals surface area contributed by atoms with Crippen molar-refractivity contribution >= 4 is 21.8 Å². The number of carbonyl (C=O) groups is 1. The number of hydrogen-bond acceptors (Lipinski definition) is 3. The molecule has 24 heavy (non-hydrogen) atoms. The van der Waals surface area contributed by atoms with Crippen molar-refractivity contribution in [3.63, 3.8) is 0 Å². The lowest BCUT2D eigenvalue weighted by Gasteiger charge is -2.34. The van der Waals surface area contributed by atoms with Gasteiger partial charge < -0.3 is 9.64 Å². The molecule has 2 aromatic carbocycles. The Hall–Kier alpha value is -1.85. The molecule has 0 spiro atoms. The van der Waals surface area contributed by atoms with E-state index in [-0.39, 0.29) is 12.5 Å². The third-order valence-electron chi connectivity index (χ3n) is 4.13. The lowest BCUT2D eigenvalue weighted by molar-refractivity contribution is -0.135. The van der Waals surface area contributed by atoms with Gasteiger partial charge in [-0.3, -0.25) is 9.69 Å². The Balaban J connectivity index is 1.43. The summed E-state index contributed by atoms with van der Waals surface area (Å²) in [6.07, 6.45) is 0. The highest BCUT2D eigenvalue weighted by Gasteiger charge is 2.21. The fourth-order valence-corrected chi connectivity index (χ4v) is 3.17. The van der Waals surface area contributed by atoms with Crippen LogP contribution in [0.25, 0.3) is 0 Å². The minimum atomic E-state index is 0.0503. The maximum Gasteiger partial charge on any atom is 0.260 e. The molecule has 0 saturated carbocycles. The van der Waals surface area contributed by atoms with Crippen LogP contribution < -0.4 is 4.74 Å². The molecular weight excluding hydrogens is 368 g/mol. The maximum atomic E-state index is 12.3. The van der Waals surface area contributed by atoms with Gasteiger partial charge in [0.15, 0.2) is 6.61 Å². The van der Waals surface area contributed by atoms with Gasteiger partial charge in [-0.15, -0.1) is 0 Å². The van der Waals surface area contributed by atoms with E-state index in [1.54, 1.807) is 0 Å². The van der Waals surface area contributed by atoms with Crippen LogP contribution in [0.15, 0.2) is 59.1 Å². The lowest BCUT2D eigenvalue weighted by atomic mass is 10.2. The molecular formula is C19H21BrN2O2. The molecule has 1 aliphatic rings. The Morgan fingerprint density at radius 1 is 1.00 bits per heavy atom. The van der Waals surface area contributed by atoms with Gasteiger partial charge in [-0.25, -0.2) is 0 Å². The molecule has 2 aromatic rings. The molecule has 3 rings (SSSR count). The van der Waals surface area contributed by atoms with Crippen LogP contribution in [0.3, 0.4) is 0 Å². The number of rotatable bonds is 5. The molecule has 0 aromatic heterocycles. The fourth-order valence-electron chi connectivity index (χ4n) is 2.79. The molecule has 4 nitrogen and oxygen atoms in total. The first-order valence-corrected chi connectivity index (χ1v) is 8.92. The summed E-state index contributed by atoms with van der Waals surface area (Å²) in [7, 11) is 0. The molecule has 0 unspecified atom stereocenters. The zero-order chi connectivity index (χ0) is 16.8. The highest BCUT2D eigenvalue weighted by molar-refractivity contribution is 9.10. The van der Waals surface area contributed by atoms with E-state index in [0.717, 1.165) is 37.2 Å². The van der Waals surface area contributed by atoms with Crippen LogP contribution in [0.5, 0.6) is 5.75 Å². The van der Waals surface area contributed by atoms with E-state index in [0.29, 0.717) is 5.75 Å². The Morgan fingerprint density at radius 2 is 1.75 bits per heavy atom. The Kier molecular flexibility index (Phi) is 5.88. The summed E-state index contributed by atoms with van der Waals surface area (Å²) < 4.78 is 6.54. The van der Waals surface area contributed by atoms with Gasteiger partial charge in [0.1, 0.15) is 5.75 Å². The van der Waals surface area contributed by atoms with Crippen molar-refractivity contribution in [1.82, 2.24) is 9.80 Å².